The zero-order chi connectivity index (χ0) is 15.6. The number of pyridine rings is 1. The zero-order valence-electron chi connectivity index (χ0n) is 13.5. The summed E-state index contributed by atoms with van der Waals surface area (Å²) in [5, 5.41) is 19.2. The first-order chi connectivity index (χ1) is 9.82. The van der Waals surface area contributed by atoms with Gasteiger partial charge in [-0.15, -0.1) is 0 Å². The molecule has 1 aliphatic carbocycles. The van der Waals surface area contributed by atoms with Gasteiger partial charge in [0.15, 0.2) is 0 Å². The molecule has 0 unspecified atom stereocenters. The van der Waals surface area contributed by atoms with Crippen LogP contribution in [0.4, 0.5) is 0 Å². The van der Waals surface area contributed by atoms with E-state index < -0.39 is 7.12 Å². The molecular formula is C16H26BNO3. The van der Waals surface area contributed by atoms with Crippen molar-refractivity contribution >= 4 is 12.6 Å². The fourth-order valence-corrected chi connectivity index (χ4v) is 3.07. The summed E-state index contributed by atoms with van der Waals surface area (Å²) in [5.74, 6) is 0.359. The molecule has 0 atom stereocenters. The second kappa shape index (κ2) is 6.47. The number of rotatable bonds is 3. The monoisotopic (exact) mass is 291 g/mol. The van der Waals surface area contributed by atoms with E-state index in [0.29, 0.717) is 17.5 Å². The van der Waals surface area contributed by atoms with Crippen molar-refractivity contribution in [3.63, 3.8) is 0 Å². The fraction of sp³-hybridized carbons (Fsp3) is 0.688. The maximum absolute atomic E-state index is 9.62. The van der Waals surface area contributed by atoms with Crippen LogP contribution in [0.5, 0.6) is 0 Å². The van der Waals surface area contributed by atoms with E-state index in [1.54, 1.807) is 13.3 Å². The van der Waals surface area contributed by atoms with Crippen LogP contribution in [0.15, 0.2) is 12.3 Å². The van der Waals surface area contributed by atoms with Gasteiger partial charge in [-0.2, -0.15) is 0 Å². The summed E-state index contributed by atoms with van der Waals surface area (Å²) >= 11 is 0. The van der Waals surface area contributed by atoms with Crippen LogP contribution in [0.1, 0.15) is 63.6 Å². The van der Waals surface area contributed by atoms with E-state index in [2.05, 4.69) is 31.8 Å². The molecule has 0 saturated heterocycles. The molecule has 1 heterocycles. The molecule has 0 spiro atoms. The molecule has 1 aromatic rings. The Kier molecular flexibility index (Phi) is 5.07. The molecule has 2 rings (SSSR count). The summed E-state index contributed by atoms with van der Waals surface area (Å²) in [6.45, 7) is 6.36. The van der Waals surface area contributed by atoms with Crippen molar-refractivity contribution in [3.05, 3.63) is 23.5 Å². The van der Waals surface area contributed by atoms with Gasteiger partial charge in [-0.1, -0.05) is 20.8 Å². The third-order valence-electron chi connectivity index (χ3n) is 4.46. The lowest BCUT2D eigenvalue weighted by Gasteiger charge is -2.30. The summed E-state index contributed by atoms with van der Waals surface area (Å²) in [5.41, 5.74) is 2.54. The second-order valence-corrected chi connectivity index (χ2v) is 7.03. The van der Waals surface area contributed by atoms with Crippen LogP contribution in [-0.2, 0) is 10.2 Å². The SMILES string of the molecule is CO[C@H]1CC[C@H](c2cc(C(C)(C)C)ncc2B(O)O)CC1. The van der Waals surface area contributed by atoms with E-state index in [4.69, 9.17) is 4.74 Å². The third-order valence-corrected chi connectivity index (χ3v) is 4.46. The summed E-state index contributed by atoms with van der Waals surface area (Å²) in [6.07, 6.45) is 6.05. The number of hydrogen-bond donors (Lipinski definition) is 2. The lowest BCUT2D eigenvalue weighted by atomic mass is 9.70. The molecule has 1 fully saturated rings. The Hall–Kier alpha value is -0.905. The van der Waals surface area contributed by atoms with Crippen molar-refractivity contribution in [2.24, 2.45) is 0 Å². The Bertz CT molecular complexity index is 477. The molecule has 1 saturated carbocycles. The van der Waals surface area contributed by atoms with E-state index in [9.17, 15) is 10.0 Å². The Balaban J connectivity index is 2.31. The van der Waals surface area contributed by atoms with E-state index in [-0.39, 0.29) is 5.41 Å². The van der Waals surface area contributed by atoms with E-state index in [0.717, 1.165) is 36.9 Å². The lowest BCUT2D eigenvalue weighted by molar-refractivity contribution is 0.0659. The largest absolute Gasteiger partial charge is 0.490 e. The normalized spacial score (nSPS) is 23.1. The maximum Gasteiger partial charge on any atom is 0.490 e. The number of ether oxygens (including phenoxy) is 1. The van der Waals surface area contributed by atoms with Gasteiger partial charge in [0.2, 0.25) is 0 Å². The van der Waals surface area contributed by atoms with Crippen LogP contribution in [-0.4, -0.2) is 35.4 Å². The average molecular weight is 291 g/mol. The first-order valence-electron chi connectivity index (χ1n) is 7.72. The third kappa shape index (κ3) is 3.85. The highest BCUT2D eigenvalue weighted by molar-refractivity contribution is 6.59. The van der Waals surface area contributed by atoms with Gasteiger partial charge in [-0.3, -0.25) is 4.98 Å². The minimum absolute atomic E-state index is 0.0442. The molecular weight excluding hydrogens is 265 g/mol. The molecule has 1 aromatic heterocycles. The smallest absolute Gasteiger partial charge is 0.423 e. The highest BCUT2D eigenvalue weighted by Crippen LogP contribution is 2.34. The first-order valence-corrected chi connectivity index (χ1v) is 7.72. The summed E-state index contributed by atoms with van der Waals surface area (Å²) in [4.78, 5) is 4.41. The minimum atomic E-state index is -1.46. The van der Waals surface area contributed by atoms with Gasteiger partial charge in [-0.05, 0) is 43.2 Å². The van der Waals surface area contributed by atoms with Crippen LogP contribution in [0, 0.1) is 0 Å². The van der Waals surface area contributed by atoms with Gasteiger partial charge >= 0.3 is 7.12 Å². The fourth-order valence-electron chi connectivity index (χ4n) is 3.07. The predicted molar refractivity (Wildman–Crippen MR) is 84.8 cm³/mol. The molecule has 0 aliphatic heterocycles. The van der Waals surface area contributed by atoms with Crippen molar-refractivity contribution in [2.75, 3.05) is 7.11 Å². The van der Waals surface area contributed by atoms with E-state index in [1.165, 1.54) is 0 Å². The molecule has 4 nitrogen and oxygen atoms in total. The average Bonchev–Trinajstić information content (AvgIpc) is 2.45. The van der Waals surface area contributed by atoms with Gasteiger partial charge in [0.1, 0.15) is 0 Å². The predicted octanol–water partition coefficient (Wildman–Crippen LogP) is 1.73. The quantitative estimate of drug-likeness (QED) is 0.833. The molecule has 116 valence electrons. The van der Waals surface area contributed by atoms with Crippen LogP contribution >= 0.6 is 0 Å². The molecule has 2 N–H and O–H groups in total. The zero-order valence-corrected chi connectivity index (χ0v) is 13.5. The number of aromatic nitrogens is 1. The Labute approximate surface area is 127 Å². The minimum Gasteiger partial charge on any atom is -0.423 e. The van der Waals surface area contributed by atoms with Crippen LogP contribution in [0.2, 0.25) is 0 Å². The summed E-state index contributed by atoms with van der Waals surface area (Å²) < 4.78 is 5.42. The molecule has 5 heteroatoms. The van der Waals surface area contributed by atoms with Gasteiger partial charge in [0.05, 0.1) is 6.10 Å². The maximum atomic E-state index is 9.62. The van der Waals surface area contributed by atoms with E-state index in [1.807, 2.05) is 0 Å². The van der Waals surface area contributed by atoms with Gasteiger partial charge in [0, 0.05) is 29.9 Å². The number of methoxy groups -OCH3 is 1. The van der Waals surface area contributed by atoms with Crippen molar-refractivity contribution in [1.82, 2.24) is 4.98 Å². The topological polar surface area (TPSA) is 62.6 Å². The van der Waals surface area contributed by atoms with Gasteiger partial charge in [0.25, 0.3) is 0 Å². The van der Waals surface area contributed by atoms with Crippen molar-refractivity contribution in [2.45, 2.75) is 63.9 Å². The number of nitrogens with zero attached hydrogens (tertiary/aromatic N) is 1. The molecule has 0 amide bonds. The first kappa shape index (κ1) is 16.5. The van der Waals surface area contributed by atoms with Crippen LogP contribution in [0.25, 0.3) is 0 Å². The van der Waals surface area contributed by atoms with E-state index >= 15 is 0 Å². The molecule has 0 radical (unpaired) electrons. The Morgan fingerprint density at radius 1 is 1.19 bits per heavy atom. The highest BCUT2D eigenvalue weighted by atomic mass is 16.5. The molecule has 0 aromatic carbocycles. The van der Waals surface area contributed by atoms with Crippen molar-refractivity contribution in [1.29, 1.82) is 0 Å². The van der Waals surface area contributed by atoms with Crippen molar-refractivity contribution < 1.29 is 14.8 Å². The molecule has 1 aliphatic rings. The van der Waals surface area contributed by atoms with Crippen molar-refractivity contribution in [3.8, 4) is 0 Å². The second-order valence-electron chi connectivity index (χ2n) is 7.03. The van der Waals surface area contributed by atoms with Gasteiger partial charge in [-0.25, -0.2) is 0 Å². The van der Waals surface area contributed by atoms with Crippen LogP contribution < -0.4 is 5.46 Å². The summed E-state index contributed by atoms with van der Waals surface area (Å²) in [6, 6.07) is 2.06. The molecule has 0 bridgehead atoms. The van der Waals surface area contributed by atoms with Crippen LogP contribution in [0.3, 0.4) is 0 Å². The highest BCUT2D eigenvalue weighted by Gasteiger charge is 2.29. The number of hydrogen-bond acceptors (Lipinski definition) is 4. The Morgan fingerprint density at radius 2 is 1.81 bits per heavy atom. The summed E-state index contributed by atoms with van der Waals surface area (Å²) in [7, 11) is 0.305. The van der Waals surface area contributed by atoms with Gasteiger partial charge < -0.3 is 14.8 Å². The lowest BCUT2D eigenvalue weighted by Crippen LogP contribution is -2.36. The molecule has 21 heavy (non-hydrogen) atoms. The Morgan fingerprint density at radius 3 is 2.29 bits per heavy atom. The standard InChI is InChI=1S/C16H26BNO3/c1-16(2,3)15-9-13(14(10-18-15)17(19)20)11-5-7-12(21-4)8-6-11/h9-12,19-20H,5-8H2,1-4H3/t11-,12-.